The fourth-order valence-corrected chi connectivity index (χ4v) is 5.37. The maximum atomic E-state index is 13.2. The Labute approximate surface area is 233 Å². The van der Waals surface area contributed by atoms with Crippen LogP contribution in [0.15, 0.2) is 58.4 Å². The molecule has 0 aliphatic carbocycles. The average molecular weight is 575 g/mol. The van der Waals surface area contributed by atoms with E-state index in [1.807, 2.05) is 0 Å². The number of carbonyl (C=O) groups is 4. The number of ether oxygens (including phenoxy) is 1. The third-order valence-electron chi connectivity index (χ3n) is 6.01. The number of amides is 3. The quantitative estimate of drug-likeness (QED) is 0.394. The molecule has 0 saturated carbocycles. The van der Waals surface area contributed by atoms with E-state index < -0.39 is 17.8 Å². The zero-order valence-electron chi connectivity index (χ0n) is 20.3. The van der Waals surface area contributed by atoms with Crippen LogP contribution < -0.4 is 15.5 Å². The van der Waals surface area contributed by atoms with Gasteiger partial charge in [0.2, 0.25) is 0 Å². The van der Waals surface area contributed by atoms with Gasteiger partial charge in [0.15, 0.2) is 5.17 Å². The number of piperidine rings is 1. The Morgan fingerprint density at radius 2 is 1.87 bits per heavy atom. The van der Waals surface area contributed by atoms with Crippen molar-refractivity contribution in [2.45, 2.75) is 12.8 Å². The summed E-state index contributed by atoms with van der Waals surface area (Å²) in [5.74, 6) is -1.78. The van der Waals surface area contributed by atoms with Gasteiger partial charge in [-0.15, -0.1) is 0 Å². The molecule has 0 radical (unpaired) electrons. The monoisotopic (exact) mass is 574 g/mol. The van der Waals surface area contributed by atoms with Gasteiger partial charge in [0.25, 0.3) is 17.7 Å². The van der Waals surface area contributed by atoms with Crippen LogP contribution in [0.1, 0.15) is 33.6 Å². The minimum atomic E-state index is -0.727. The van der Waals surface area contributed by atoms with Gasteiger partial charge in [0, 0.05) is 23.2 Å². The van der Waals surface area contributed by atoms with Crippen molar-refractivity contribution in [3.63, 3.8) is 0 Å². The Hall–Kier alpha value is -3.18. The first-order chi connectivity index (χ1) is 18.3. The predicted octanol–water partition coefficient (Wildman–Crippen LogP) is 4.06. The maximum absolute atomic E-state index is 13.2. The van der Waals surface area contributed by atoms with Gasteiger partial charge >= 0.3 is 5.97 Å². The molecule has 2 aromatic carbocycles. The Kier molecular flexibility index (Phi) is 9.22. The van der Waals surface area contributed by atoms with E-state index >= 15 is 0 Å². The fraction of sp³-hybridized carbons (Fsp3) is 0.269. The zero-order valence-corrected chi connectivity index (χ0v) is 22.7. The van der Waals surface area contributed by atoms with Crippen LogP contribution in [0.5, 0.6) is 0 Å². The number of thioether (sulfide) groups is 1. The molecule has 0 bridgehead atoms. The minimum absolute atomic E-state index is 0.0179. The van der Waals surface area contributed by atoms with Crippen molar-refractivity contribution in [3.8, 4) is 0 Å². The predicted molar refractivity (Wildman–Crippen MR) is 148 cm³/mol. The molecular formula is C26H24Cl2N4O5S. The molecule has 0 unspecified atom stereocenters. The molecule has 9 nitrogen and oxygen atoms in total. The average Bonchev–Trinajstić information content (AvgIpc) is 3.21. The van der Waals surface area contributed by atoms with Crippen LogP contribution in [-0.2, 0) is 14.3 Å². The summed E-state index contributed by atoms with van der Waals surface area (Å²) >= 11 is 12.9. The molecule has 0 aromatic heterocycles. The van der Waals surface area contributed by atoms with Crippen LogP contribution in [0, 0.1) is 5.92 Å². The van der Waals surface area contributed by atoms with Gasteiger partial charge in [0.1, 0.15) is 0 Å². The van der Waals surface area contributed by atoms with Crippen molar-refractivity contribution < 1.29 is 23.9 Å². The van der Waals surface area contributed by atoms with E-state index in [0.29, 0.717) is 28.7 Å². The van der Waals surface area contributed by atoms with E-state index in [2.05, 4.69) is 20.4 Å². The number of hydrogen-bond donors (Lipinski definition) is 2. The topological polar surface area (TPSA) is 117 Å². The van der Waals surface area contributed by atoms with Crippen molar-refractivity contribution in [1.29, 1.82) is 0 Å². The summed E-state index contributed by atoms with van der Waals surface area (Å²) in [5.41, 5.74) is 0.886. The smallest absolute Gasteiger partial charge is 0.331 e. The van der Waals surface area contributed by atoms with Crippen molar-refractivity contribution in [2.24, 2.45) is 10.9 Å². The molecule has 2 saturated heterocycles. The molecule has 2 fully saturated rings. The Morgan fingerprint density at radius 1 is 1.16 bits per heavy atom. The number of anilines is 1. The second kappa shape index (κ2) is 12.6. The van der Waals surface area contributed by atoms with Crippen molar-refractivity contribution in [3.05, 3.63) is 74.6 Å². The third kappa shape index (κ3) is 6.63. The maximum Gasteiger partial charge on any atom is 0.331 e. The highest BCUT2D eigenvalue weighted by Crippen LogP contribution is 2.35. The van der Waals surface area contributed by atoms with Crippen molar-refractivity contribution >= 4 is 69.5 Å². The summed E-state index contributed by atoms with van der Waals surface area (Å²) in [5, 5.41) is 6.74. The lowest BCUT2D eigenvalue weighted by atomic mass is 9.98. The summed E-state index contributed by atoms with van der Waals surface area (Å²) in [6.45, 7) is 2.48. The lowest BCUT2D eigenvalue weighted by Crippen LogP contribution is -2.36. The molecule has 2 aliphatic heterocycles. The second-order valence-corrected chi connectivity index (χ2v) is 10.4. The Balaban J connectivity index is 1.58. The van der Waals surface area contributed by atoms with Gasteiger partial charge < -0.3 is 15.4 Å². The van der Waals surface area contributed by atoms with Crippen LogP contribution in [0.3, 0.4) is 0 Å². The van der Waals surface area contributed by atoms with Crippen LogP contribution in [0.25, 0.3) is 0 Å². The lowest BCUT2D eigenvalue weighted by molar-refractivity contribution is -0.135. The van der Waals surface area contributed by atoms with Gasteiger partial charge in [-0.2, -0.15) is 4.99 Å². The Morgan fingerprint density at radius 3 is 2.53 bits per heavy atom. The minimum Gasteiger partial charge on any atom is -0.466 e. The standard InChI is InChI=1S/C26H24Cl2N4O5S/c1-37-22(33)13-21-25(36)32(26(38-21)31-24(35)19-7-4-17(27)12-20(19)28)18-5-2-16(3-6-18)23(34)30-14-15-8-10-29-11-9-15/h2-7,12-13,15,29H,8-11,14H2,1H3,(H,30,34). The van der Waals surface area contributed by atoms with Gasteiger partial charge in [-0.25, -0.2) is 4.79 Å². The number of nitrogens with zero attached hydrogens (tertiary/aromatic N) is 2. The van der Waals surface area contributed by atoms with Crippen LogP contribution in [-0.4, -0.2) is 55.6 Å². The van der Waals surface area contributed by atoms with E-state index in [0.717, 1.165) is 43.8 Å². The number of benzene rings is 2. The molecule has 0 atom stereocenters. The number of methoxy groups -OCH3 is 1. The second-order valence-electron chi connectivity index (χ2n) is 8.55. The SMILES string of the molecule is COC(=O)C=C1SC(=NC(=O)c2ccc(Cl)cc2Cl)N(c2ccc(C(=O)NCC3CCNCC3)cc2)C1=O. The van der Waals surface area contributed by atoms with Gasteiger partial charge in [0.05, 0.1) is 28.3 Å². The lowest BCUT2D eigenvalue weighted by Gasteiger charge is -2.22. The first kappa shape index (κ1) is 27.8. The molecule has 3 amide bonds. The van der Waals surface area contributed by atoms with E-state index in [1.54, 1.807) is 24.3 Å². The zero-order chi connectivity index (χ0) is 27.2. The molecular weight excluding hydrogens is 551 g/mol. The molecule has 4 rings (SSSR count). The van der Waals surface area contributed by atoms with Crippen LogP contribution >= 0.6 is 35.0 Å². The number of nitrogens with one attached hydrogen (secondary N) is 2. The van der Waals surface area contributed by atoms with Gasteiger partial charge in [-0.3, -0.25) is 19.3 Å². The number of halogens is 2. The van der Waals surface area contributed by atoms with Gasteiger partial charge in [-0.05, 0) is 86.1 Å². The normalized spacial score (nSPS) is 18.2. The molecule has 2 N–H and O–H groups in total. The fourth-order valence-electron chi connectivity index (χ4n) is 3.94. The summed E-state index contributed by atoms with van der Waals surface area (Å²) in [4.78, 5) is 55.9. The van der Waals surface area contributed by atoms with Crippen molar-refractivity contribution in [2.75, 3.05) is 31.6 Å². The van der Waals surface area contributed by atoms with Crippen LogP contribution in [0.4, 0.5) is 5.69 Å². The first-order valence-electron chi connectivity index (χ1n) is 11.8. The number of aliphatic imine (C=N–C) groups is 1. The van der Waals surface area contributed by atoms with E-state index in [9.17, 15) is 19.2 Å². The molecule has 0 spiro atoms. The largest absolute Gasteiger partial charge is 0.466 e. The number of carbonyl (C=O) groups excluding carboxylic acids is 4. The van der Waals surface area contributed by atoms with Gasteiger partial charge in [-0.1, -0.05) is 23.2 Å². The molecule has 2 aliphatic rings. The van der Waals surface area contributed by atoms with E-state index in [1.165, 1.54) is 30.2 Å². The highest BCUT2D eigenvalue weighted by atomic mass is 35.5. The number of esters is 1. The number of hydrogen-bond acceptors (Lipinski definition) is 7. The van der Waals surface area contributed by atoms with Crippen molar-refractivity contribution in [1.82, 2.24) is 10.6 Å². The molecule has 198 valence electrons. The Bertz CT molecular complexity index is 1320. The third-order valence-corrected chi connectivity index (χ3v) is 7.53. The molecule has 12 heteroatoms. The van der Waals surface area contributed by atoms with Crippen LogP contribution in [0.2, 0.25) is 10.0 Å². The molecule has 2 aromatic rings. The summed E-state index contributed by atoms with van der Waals surface area (Å²) in [6, 6.07) is 10.7. The molecule has 2 heterocycles. The number of rotatable bonds is 6. The highest BCUT2D eigenvalue weighted by Gasteiger charge is 2.36. The summed E-state index contributed by atoms with van der Waals surface area (Å²) in [6.07, 6.45) is 3.06. The summed E-state index contributed by atoms with van der Waals surface area (Å²) in [7, 11) is 1.19. The van der Waals surface area contributed by atoms with E-state index in [-0.39, 0.29) is 26.6 Å². The van der Waals surface area contributed by atoms with E-state index in [4.69, 9.17) is 23.2 Å². The number of amidine groups is 1. The first-order valence-corrected chi connectivity index (χ1v) is 13.3. The molecule has 38 heavy (non-hydrogen) atoms. The summed E-state index contributed by atoms with van der Waals surface area (Å²) < 4.78 is 4.64. The highest BCUT2D eigenvalue weighted by molar-refractivity contribution is 8.19.